The van der Waals surface area contributed by atoms with Crippen molar-refractivity contribution >= 4 is 0 Å². The number of aromatic nitrogens is 1. The zero-order chi connectivity index (χ0) is 13.6. The average Bonchev–Trinajstić information content (AvgIpc) is 3.12. The first-order chi connectivity index (χ1) is 9.90. The zero-order valence-corrected chi connectivity index (χ0v) is 11.6. The highest BCUT2D eigenvalue weighted by Crippen LogP contribution is 2.15. The first-order valence-corrected chi connectivity index (χ1v) is 7.24. The number of hydrogen-bond donors (Lipinski definition) is 0. The van der Waals surface area contributed by atoms with Crippen molar-refractivity contribution in [2.45, 2.75) is 19.3 Å². The van der Waals surface area contributed by atoms with E-state index in [0.717, 1.165) is 18.7 Å². The number of oxazole rings is 1. The number of rotatable bonds is 6. The van der Waals surface area contributed by atoms with E-state index in [4.69, 9.17) is 9.15 Å². The molecule has 0 amide bonds. The lowest BCUT2D eigenvalue weighted by molar-refractivity contribution is 0.188. The van der Waals surface area contributed by atoms with E-state index in [9.17, 15) is 0 Å². The van der Waals surface area contributed by atoms with E-state index >= 15 is 0 Å². The van der Waals surface area contributed by atoms with Gasteiger partial charge in [0.05, 0.1) is 6.20 Å². The van der Waals surface area contributed by atoms with Crippen molar-refractivity contribution in [3.63, 3.8) is 0 Å². The second kappa shape index (κ2) is 6.57. The van der Waals surface area contributed by atoms with Gasteiger partial charge in [0.2, 0.25) is 0 Å². The van der Waals surface area contributed by atoms with Gasteiger partial charge in [0, 0.05) is 13.0 Å². The van der Waals surface area contributed by atoms with Crippen LogP contribution < -0.4 is 4.74 Å². The molecule has 0 N–H and O–H groups in total. The van der Waals surface area contributed by atoms with Crippen molar-refractivity contribution < 1.29 is 9.15 Å². The van der Waals surface area contributed by atoms with E-state index in [0.29, 0.717) is 12.7 Å². The fourth-order valence-electron chi connectivity index (χ4n) is 2.50. The molecule has 1 aliphatic heterocycles. The highest BCUT2D eigenvalue weighted by molar-refractivity contribution is 5.19. The first kappa shape index (κ1) is 13.2. The molecule has 2 aromatic rings. The van der Waals surface area contributed by atoms with Crippen molar-refractivity contribution in [2.75, 3.05) is 26.2 Å². The van der Waals surface area contributed by atoms with Gasteiger partial charge in [0.15, 0.2) is 0 Å². The summed E-state index contributed by atoms with van der Waals surface area (Å²) in [5, 5.41) is 0. The molecule has 1 saturated heterocycles. The maximum atomic E-state index is 5.60. The molecule has 0 aliphatic carbocycles. The number of hydrogen-bond acceptors (Lipinski definition) is 4. The fourth-order valence-corrected chi connectivity index (χ4v) is 2.50. The van der Waals surface area contributed by atoms with Gasteiger partial charge in [0.25, 0.3) is 0 Å². The monoisotopic (exact) mass is 272 g/mol. The summed E-state index contributed by atoms with van der Waals surface area (Å²) in [6.45, 7) is 3.98. The molecule has 2 heterocycles. The standard InChI is InChI=1S/C16H20N2O2/c1-2-6-14(7-3-1)12-15-13-17-16(20-15)19-11-10-18-8-4-5-9-18/h1-3,6-7,13H,4-5,8-12H2. The SMILES string of the molecule is c1ccc(Cc2cnc(OCCN3CCCC3)o2)cc1. The Kier molecular flexibility index (Phi) is 4.33. The third kappa shape index (κ3) is 3.61. The summed E-state index contributed by atoms with van der Waals surface area (Å²) in [4.78, 5) is 6.58. The summed E-state index contributed by atoms with van der Waals surface area (Å²) in [5.41, 5.74) is 1.22. The van der Waals surface area contributed by atoms with Crippen LogP contribution in [0.4, 0.5) is 0 Å². The molecule has 106 valence electrons. The minimum atomic E-state index is 0.384. The van der Waals surface area contributed by atoms with E-state index in [2.05, 4.69) is 22.0 Å². The molecule has 4 heteroatoms. The highest BCUT2D eigenvalue weighted by atomic mass is 16.6. The Morgan fingerprint density at radius 2 is 1.95 bits per heavy atom. The predicted molar refractivity (Wildman–Crippen MR) is 76.9 cm³/mol. The highest BCUT2D eigenvalue weighted by Gasteiger charge is 2.12. The van der Waals surface area contributed by atoms with Crippen LogP contribution in [0.2, 0.25) is 0 Å². The lowest BCUT2D eigenvalue weighted by atomic mass is 10.1. The maximum absolute atomic E-state index is 5.60. The van der Waals surface area contributed by atoms with Crippen LogP contribution in [0.3, 0.4) is 0 Å². The molecule has 0 saturated carbocycles. The lowest BCUT2D eigenvalue weighted by Crippen LogP contribution is -2.25. The lowest BCUT2D eigenvalue weighted by Gasteiger charge is -2.13. The van der Waals surface area contributed by atoms with E-state index < -0.39 is 0 Å². The Labute approximate surface area is 119 Å². The van der Waals surface area contributed by atoms with E-state index in [1.165, 1.54) is 31.5 Å². The Hall–Kier alpha value is -1.81. The fraction of sp³-hybridized carbons (Fsp3) is 0.438. The molecule has 1 fully saturated rings. The van der Waals surface area contributed by atoms with Gasteiger partial charge in [-0.3, -0.25) is 4.90 Å². The Morgan fingerprint density at radius 1 is 1.15 bits per heavy atom. The molecule has 1 aliphatic rings. The van der Waals surface area contributed by atoms with E-state index in [1.54, 1.807) is 6.20 Å². The van der Waals surface area contributed by atoms with Crippen LogP contribution in [-0.4, -0.2) is 36.1 Å². The van der Waals surface area contributed by atoms with Crippen LogP contribution in [-0.2, 0) is 6.42 Å². The summed E-state index contributed by atoms with van der Waals surface area (Å²) >= 11 is 0. The second-order valence-corrected chi connectivity index (χ2v) is 5.15. The number of benzene rings is 1. The minimum absolute atomic E-state index is 0.384. The van der Waals surface area contributed by atoms with Gasteiger partial charge in [-0.25, -0.2) is 0 Å². The van der Waals surface area contributed by atoms with Crippen molar-refractivity contribution in [1.29, 1.82) is 0 Å². The van der Waals surface area contributed by atoms with Crippen molar-refractivity contribution in [3.8, 4) is 6.08 Å². The second-order valence-electron chi connectivity index (χ2n) is 5.15. The van der Waals surface area contributed by atoms with Crippen LogP contribution in [0.5, 0.6) is 6.08 Å². The van der Waals surface area contributed by atoms with Crippen LogP contribution in [0.25, 0.3) is 0 Å². The molecule has 0 bridgehead atoms. The number of ether oxygens (including phenoxy) is 1. The van der Waals surface area contributed by atoms with Crippen LogP contribution >= 0.6 is 0 Å². The zero-order valence-electron chi connectivity index (χ0n) is 11.6. The molecule has 0 unspecified atom stereocenters. The van der Waals surface area contributed by atoms with Crippen LogP contribution in [0.1, 0.15) is 24.2 Å². The third-order valence-electron chi connectivity index (χ3n) is 3.59. The van der Waals surface area contributed by atoms with Gasteiger partial charge in [-0.2, -0.15) is 4.98 Å². The Bertz CT molecular complexity index is 518. The minimum Gasteiger partial charge on any atom is -0.449 e. The summed E-state index contributed by atoms with van der Waals surface area (Å²) < 4.78 is 11.2. The van der Waals surface area contributed by atoms with Gasteiger partial charge in [-0.15, -0.1) is 0 Å². The Morgan fingerprint density at radius 3 is 2.75 bits per heavy atom. The molecule has 20 heavy (non-hydrogen) atoms. The normalized spacial score (nSPS) is 15.6. The summed E-state index contributed by atoms with van der Waals surface area (Å²) in [6, 6.07) is 10.2. The molecular weight excluding hydrogens is 252 g/mol. The smallest absolute Gasteiger partial charge is 0.393 e. The molecule has 4 nitrogen and oxygen atoms in total. The van der Waals surface area contributed by atoms with Crippen molar-refractivity contribution in [2.24, 2.45) is 0 Å². The quantitative estimate of drug-likeness (QED) is 0.810. The van der Waals surface area contributed by atoms with Crippen LogP contribution in [0, 0.1) is 0 Å². The summed E-state index contributed by atoms with van der Waals surface area (Å²) in [6.07, 6.45) is 5.50. The van der Waals surface area contributed by atoms with Gasteiger partial charge < -0.3 is 9.15 Å². The summed E-state index contributed by atoms with van der Waals surface area (Å²) in [5.74, 6) is 0.840. The number of nitrogens with zero attached hydrogens (tertiary/aromatic N) is 2. The summed E-state index contributed by atoms with van der Waals surface area (Å²) in [7, 11) is 0. The van der Waals surface area contributed by atoms with E-state index in [1.807, 2.05) is 18.2 Å². The Balaban J connectivity index is 1.46. The third-order valence-corrected chi connectivity index (χ3v) is 3.59. The maximum Gasteiger partial charge on any atom is 0.393 e. The molecule has 3 rings (SSSR count). The van der Waals surface area contributed by atoms with Crippen LogP contribution in [0.15, 0.2) is 40.9 Å². The topological polar surface area (TPSA) is 38.5 Å². The van der Waals surface area contributed by atoms with Gasteiger partial charge in [0.1, 0.15) is 12.4 Å². The van der Waals surface area contributed by atoms with Gasteiger partial charge >= 0.3 is 6.08 Å². The van der Waals surface area contributed by atoms with Gasteiger partial charge in [-0.05, 0) is 31.5 Å². The van der Waals surface area contributed by atoms with Crippen molar-refractivity contribution in [1.82, 2.24) is 9.88 Å². The van der Waals surface area contributed by atoms with Gasteiger partial charge in [-0.1, -0.05) is 30.3 Å². The predicted octanol–water partition coefficient (Wildman–Crippen LogP) is 2.74. The number of likely N-dealkylation sites (tertiary alicyclic amines) is 1. The van der Waals surface area contributed by atoms with Crippen molar-refractivity contribution in [3.05, 3.63) is 47.9 Å². The molecule has 0 radical (unpaired) electrons. The van der Waals surface area contributed by atoms with E-state index in [-0.39, 0.29) is 0 Å². The molecular formula is C16H20N2O2. The molecule has 1 aromatic heterocycles. The molecule has 0 spiro atoms. The largest absolute Gasteiger partial charge is 0.449 e. The molecule has 0 atom stereocenters. The molecule has 1 aromatic carbocycles. The average molecular weight is 272 g/mol. The first-order valence-electron chi connectivity index (χ1n) is 7.24.